The third-order valence-corrected chi connectivity index (χ3v) is 5.72. The minimum absolute atomic E-state index is 0.00229. The number of methoxy groups -OCH3 is 1. The van der Waals surface area contributed by atoms with Gasteiger partial charge in [-0.1, -0.05) is 59.9 Å². The minimum atomic E-state index is -0.360. The normalized spacial score (nSPS) is 15.1. The fourth-order valence-corrected chi connectivity index (χ4v) is 4.22. The number of benzene rings is 2. The first-order valence-electron chi connectivity index (χ1n) is 8.54. The van der Waals surface area contributed by atoms with Crippen LogP contribution < -0.4 is 9.47 Å². The van der Waals surface area contributed by atoms with Crippen molar-refractivity contribution in [2.24, 2.45) is 0 Å². The number of hydrogen-bond acceptors (Lipinski definition) is 5. The number of ether oxygens (including phenoxy) is 2. The molecule has 0 aromatic heterocycles. The molecule has 150 valence electrons. The van der Waals surface area contributed by atoms with Gasteiger partial charge in [0.05, 0.1) is 17.0 Å². The highest BCUT2D eigenvalue weighted by molar-refractivity contribution is 8.26. The number of carbonyl (C=O) groups is 1. The number of carbonyl (C=O) groups excluding carboxylic acids is 1. The fourth-order valence-electron chi connectivity index (χ4n) is 2.67. The van der Waals surface area contributed by atoms with Gasteiger partial charge in [-0.2, -0.15) is 0 Å². The molecule has 8 heteroatoms. The van der Waals surface area contributed by atoms with Gasteiger partial charge in [-0.15, -0.1) is 6.58 Å². The van der Waals surface area contributed by atoms with Crippen molar-refractivity contribution in [1.82, 2.24) is 4.90 Å². The summed E-state index contributed by atoms with van der Waals surface area (Å²) in [5.74, 6) is 0.131. The molecule has 1 fully saturated rings. The number of rotatable bonds is 7. The number of thioether (sulfide) groups is 1. The number of nitrogens with zero attached hydrogens (tertiary/aromatic N) is 1. The van der Waals surface area contributed by atoms with E-state index in [1.807, 2.05) is 0 Å². The van der Waals surface area contributed by atoms with Gasteiger partial charge in [0.2, 0.25) is 0 Å². The summed E-state index contributed by atoms with van der Waals surface area (Å²) in [6.07, 6.45) is 3.31. The fraction of sp³-hybridized carbons (Fsp3) is 0.143. The van der Waals surface area contributed by atoms with Crippen LogP contribution in [-0.2, 0) is 11.4 Å². The van der Waals surface area contributed by atoms with E-state index in [9.17, 15) is 9.18 Å². The Morgan fingerprint density at radius 1 is 1.34 bits per heavy atom. The van der Waals surface area contributed by atoms with Gasteiger partial charge in [0.25, 0.3) is 5.91 Å². The highest BCUT2D eigenvalue weighted by Gasteiger charge is 2.31. The number of halogens is 2. The van der Waals surface area contributed by atoms with Crippen molar-refractivity contribution in [3.8, 4) is 11.5 Å². The Labute approximate surface area is 182 Å². The molecule has 0 spiro atoms. The molecule has 3 rings (SSSR count). The quantitative estimate of drug-likeness (QED) is 0.319. The summed E-state index contributed by atoms with van der Waals surface area (Å²) in [5.41, 5.74) is 1.06. The second-order valence-corrected chi connectivity index (χ2v) is 8.08. The molecule has 0 bridgehead atoms. The van der Waals surface area contributed by atoms with Crippen LogP contribution >= 0.6 is 35.6 Å². The van der Waals surface area contributed by atoms with Crippen molar-refractivity contribution < 1.29 is 18.7 Å². The Morgan fingerprint density at radius 3 is 2.79 bits per heavy atom. The minimum Gasteiger partial charge on any atom is -0.493 e. The van der Waals surface area contributed by atoms with Gasteiger partial charge in [-0.25, -0.2) is 4.39 Å². The standard InChI is InChI=1S/C21H17ClFNO3S2/c1-3-8-24-20(25)18(29-21(24)28)11-13-9-15(22)19(17(10-13)26-2)27-12-14-6-4-5-7-16(14)23/h3-7,9-11H,1,8,12H2,2H3/b18-11-. The van der Waals surface area contributed by atoms with Crippen LogP contribution in [0.5, 0.6) is 11.5 Å². The molecule has 1 saturated heterocycles. The molecule has 0 radical (unpaired) electrons. The lowest BCUT2D eigenvalue weighted by Gasteiger charge is -2.14. The van der Waals surface area contributed by atoms with Crippen molar-refractivity contribution in [3.63, 3.8) is 0 Å². The van der Waals surface area contributed by atoms with Gasteiger partial charge >= 0.3 is 0 Å². The van der Waals surface area contributed by atoms with E-state index in [0.29, 0.717) is 38.4 Å². The smallest absolute Gasteiger partial charge is 0.266 e. The Morgan fingerprint density at radius 2 is 2.10 bits per heavy atom. The average Bonchev–Trinajstić information content (AvgIpc) is 2.95. The van der Waals surface area contributed by atoms with Crippen LogP contribution in [0.1, 0.15) is 11.1 Å². The Balaban J connectivity index is 1.85. The maximum atomic E-state index is 13.8. The molecule has 1 aliphatic heterocycles. The molecule has 0 saturated carbocycles. The third-order valence-electron chi connectivity index (χ3n) is 4.06. The monoisotopic (exact) mass is 449 g/mol. The Bertz CT molecular complexity index is 1010. The molecular weight excluding hydrogens is 433 g/mol. The molecule has 29 heavy (non-hydrogen) atoms. The zero-order valence-corrected chi connectivity index (χ0v) is 17.9. The van der Waals surface area contributed by atoms with Crippen molar-refractivity contribution in [2.45, 2.75) is 6.61 Å². The summed E-state index contributed by atoms with van der Waals surface area (Å²) in [4.78, 5) is 14.4. The van der Waals surface area contributed by atoms with Gasteiger partial charge < -0.3 is 9.47 Å². The van der Waals surface area contributed by atoms with E-state index in [0.717, 1.165) is 0 Å². The SMILES string of the molecule is C=CCN1C(=O)/C(=C/c2cc(Cl)c(OCc3ccccc3F)c(OC)c2)SC1=S. The van der Waals surface area contributed by atoms with Crippen LogP contribution in [0.15, 0.2) is 54.0 Å². The summed E-state index contributed by atoms with van der Waals surface area (Å²) in [6, 6.07) is 9.69. The first-order chi connectivity index (χ1) is 13.9. The molecule has 1 heterocycles. The maximum absolute atomic E-state index is 13.8. The summed E-state index contributed by atoms with van der Waals surface area (Å²) >= 11 is 12.8. The lowest BCUT2D eigenvalue weighted by Crippen LogP contribution is -2.27. The molecule has 2 aromatic rings. The largest absolute Gasteiger partial charge is 0.493 e. The summed E-state index contributed by atoms with van der Waals surface area (Å²) in [6.45, 7) is 4.00. The molecule has 0 aliphatic carbocycles. The zero-order valence-electron chi connectivity index (χ0n) is 15.5. The second-order valence-electron chi connectivity index (χ2n) is 6.00. The predicted molar refractivity (Wildman–Crippen MR) is 119 cm³/mol. The average molecular weight is 450 g/mol. The summed E-state index contributed by atoms with van der Waals surface area (Å²) in [7, 11) is 1.48. The van der Waals surface area contributed by atoms with Crippen LogP contribution in [0.4, 0.5) is 4.39 Å². The van der Waals surface area contributed by atoms with Gasteiger partial charge in [0.15, 0.2) is 11.5 Å². The zero-order chi connectivity index (χ0) is 21.0. The van der Waals surface area contributed by atoms with E-state index in [1.54, 1.807) is 42.5 Å². The van der Waals surface area contributed by atoms with Gasteiger partial charge in [-0.3, -0.25) is 9.69 Å². The number of hydrogen-bond donors (Lipinski definition) is 0. The lowest BCUT2D eigenvalue weighted by atomic mass is 10.1. The van der Waals surface area contributed by atoms with Crippen LogP contribution in [0.2, 0.25) is 5.02 Å². The van der Waals surface area contributed by atoms with Gasteiger partial charge in [-0.05, 0) is 29.8 Å². The Kier molecular flexibility index (Phi) is 6.95. The molecule has 1 amide bonds. The van der Waals surface area contributed by atoms with Crippen LogP contribution in [0.3, 0.4) is 0 Å². The molecule has 4 nitrogen and oxygen atoms in total. The van der Waals surface area contributed by atoms with Crippen LogP contribution in [0, 0.1) is 5.82 Å². The van der Waals surface area contributed by atoms with E-state index in [4.69, 9.17) is 33.3 Å². The van der Waals surface area contributed by atoms with Gasteiger partial charge in [0.1, 0.15) is 16.7 Å². The maximum Gasteiger partial charge on any atom is 0.266 e. The van der Waals surface area contributed by atoms with Crippen molar-refractivity contribution in [1.29, 1.82) is 0 Å². The second kappa shape index (κ2) is 9.43. The summed E-state index contributed by atoms with van der Waals surface area (Å²) in [5, 5.41) is 0.286. The number of amides is 1. The highest BCUT2D eigenvalue weighted by atomic mass is 35.5. The first kappa shape index (κ1) is 21.4. The lowest BCUT2D eigenvalue weighted by molar-refractivity contribution is -0.121. The first-order valence-corrected chi connectivity index (χ1v) is 10.1. The topological polar surface area (TPSA) is 38.8 Å². The molecular formula is C21H17ClFNO3S2. The van der Waals surface area contributed by atoms with Gasteiger partial charge in [0, 0.05) is 12.1 Å². The van der Waals surface area contributed by atoms with E-state index in [-0.39, 0.29) is 23.4 Å². The predicted octanol–water partition coefficient (Wildman–Crippen LogP) is 5.45. The van der Waals surface area contributed by atoms with Crippen molar-refractivity contribution in [3.05, 3.63) is 75.9 Å². The molecule has 0 unspecified atom stereocenters. The van der Waals surface area contributed by atoms with E-state index in [2.05, 4.69) is 6.58 Å². The van der Waals surface area contributed by atoms with Crippen molar-refractivity contribution >= 4 is 51.9 Å². The molecule has 2 aromatic carbocycles. The van der Waals surface area contributed by atoms with E-state index >= 15 is 0 Å². The van der Waals surface area contributed by atoms with Crippen LogP contribution in [0.25, 0.3) is 6.08 Å². The molecule has 0 N–H and O–H groups in total. The number of thiocarbonyl (C=S) groups is 1. The van der Waals surface area contributed by atoms with E-state index < -0.39 is 0 Å². The van der Waals surface area contributed by atoms with Crippen LogP contribution in [-0.4, -0.2) is 28.8 Å². The highest BCUT2D eigenvalue weighted by Crippen LogP contribution is 2.39. The summed E-state index contributed by atoms with van der Waals surface area (Å²) < 4.78 is 25.4. The van der Waals surface area contributed by atoms with E-state index in [1.165, 1.54) is 29.8 Å². The van der Waals surface area contributed by atoms with Crippen molar-refractivity contribution in [2.75, 3.05) is 13.7 Å². The molecule has 1 aliphatic rings. The molecule has 0 atom stereocenters. The Hall–Kier alpha value is -2.35. The third kappa shape index (κ3) is 4.80.